The van der Waals surface area contributed by atoms with Gasteiger partial charge < -0.3 is 19.6 Å². The molecule has 2 aliphatic rings. The molecule has 2 atom stereocenters. The minimum Gasteiger partial charge on any atom is -0.372 e. The van der Waals surface area contributed by atoms with Gasteiger partial charge in [0.05, 0.1) is 29.1 Å². The standard InChI is InChI=1S/C21H24F6N8O3/c1-12(35-14-10-30-31-18(37)16(14)17(32-35)21(25,26)27)2-7-38-11-15(36)33-3-5-34(6-4-33)19-28-8-13(9-29-19)20(22,23)24/h8-10,12,18,31,37H,2-7,11H2,1H3. The lowest BCUT2D eigenvalue weighted by atomic mass is 10.1. The lowest BCUT2D eigenvalue weighted by Gasteiger charge is -2.34. The molecule has 0 radical (unpaired) electrons. The van der Waals surface area contributed by atoms with Gasteiger partial charge in [-0.1, -0.05) is 0 Å². The summed E-state index contributed by atoms with van der Waals surface area (Å²) in [7, 11) is 0. The number of amides is 1. The van der Waals surface area contributed by atoms with E-state index < -0.39 is 41.4 Å². The fourth-order valence-corrected chi connectivity index (χ4v) is 4.05. The van der Waals surface area contributed by atoms with Gasteiger partial charge >= 0.3 is 12.4 Å². The van der Waals surface area contributed by atoms with Crippen molar-refractivity contribution in [3.05, 3.63) is 34.9 Å². The molecule has 0 saturated carbocycles. The van der Waals surface area contributed by atoms with Crippen molar-refractivity contribution in [3.8, 4) is 0 Å². The van der Waals surface area contributed by atoms with Crippen LogP contribution in [0.2, 0.25) is 0 Å². The summed E-state index contributed by atoms with van der Waals surface area (Å²) in [6.07, 6.45) is -8.14. The van der Waals surface area contributed by atoms with Gasteiger partial charge in [0.2, 0.25) is 11.9 Å². The summed E-state index contributed by atoms with van der Waals surface area (Å²) in [6, 6.07) is -0.556. The van der Waals surface area contributed by atoms with E-state index in [1.54, 1.807) is 11.8 Å². The first kappa shape index (κ1) is 27.6. The van der Waals surface area contributed by atoms with Crippen LogP contribution in [0.4, 0.5) is 32.3 Å². The van der Waals surface area contributed by atoms with E-state index in [1.165, 1.54) is 4.90 Å². The number of nitrogens with one attached hydrogen (secondary N) is 1. The molecule has 17 heteroatoms. The Morgan fingerprint density at radius 1 is 1.13 bits per heavy atom. The van der Waals surface area contributed by atoms with Crippen LogP contribution in [0, 0.1) is 0 Å². The molecule has 4 rings (SSSR count). The number of aromatic nitrogens is 4. The highest BCUT2D eigenvalue weighted by Gasteiger charge is 2.42. The van der Waals surface area contributed by atoms with Gasteiger partial charge in [-0.25, -0.2) is 9.97 Å². The zero-order chi connectivity index (χ0) is 27.7. The third-order valence-corrected chi connectivity index (χ3v) is 6.11. The second kappa shape index (κ2) is 10.7. The Bertz CT molecular complexity index is 1160. The average Bonchev–Trinajstić information content (AvgIpc) is 3.28. The smallest absolute Gasteiger partial charge is 0.372 e. The Morgan fingerprint density at radius 2 is 1.79 bits per heavy atom. The van der Waals surface area contributed by atoms with Crippen molar-refractivity contribution < 1.29 is 41.0 Å². The van der Waals surface area contributed by atoms with Crippen LogP contribution in [0.5, 0.6) is 0 Å². The summed E-state index contributed by atoms with van der Waals surface area (Å²) in [6.45, 7) is 2.66. The normalized spacial score (nSPS) is 18.8. The highest BCUT2D eigenvalue weighted by atomic mass is 19.4. The van der Waals surface area contributed by atoms with Gasteiger partial charge in [-0.2, -0.15) is 36.5 Å². The van der Waals surface area contributed by atoms with E-state index in [0.717, 1.165) is 10.9 Å². The van der Waals surface area contributed by atoms with Crippen LogP contribution in [0.3, 0.4) is 0 Å². The van der Waals surface area contributed by atoms with Crippen LogP contribution in [-0.4, -0.2) is 81.3 Å². The minimum atomic E-state index is -4.77. The predicted octanol–water partition coefficient (Wildman–Crippen LogP) is 1.96. The first-order valence-corrected chi connectivity index (χ1v) is 11.5. The molecular formula is C21H24F6N8O3. The maximum absolute atomic E-state index is 13.4. The quantitative estimate of drug-likeness (QED) is 0.397. The first-order valence-electron chi connectivity index (χ1n) is 11.5. The second-order valence-corrected chi connectivity index (χ2v) is 8.71. The van der Waals surface area contributed by atoms with Gasteiger partial charge in [-0.05, 0) is 13.3 Å². The van der Waals surface area contributed by atoms with E-state index in [4.69, 9.17) is 4.74 Å². The van der Waals surface area contributed by atoms with Gasteiger partial charge in [0, 0.05) is 45.2 Å². The molecular weight excluding hydrogens is 526 g/mol. The van der Waals surface area contributed by atoms with Gasteiger partial charge in [0.15, 0.2) is 11.9 Å². The summed E-state index contributed by atoms with van der Waals surface area (Å²) in [5, 5.41) is 17.2. The van der Waals surface area contributed by atoms with E-state index in [-0.39, 0.29) is 50.3 Å². The Balaban J connectivity index is 1.24. The molecule has 2 aromatic rings. The van der Waals surface area contributed by atoms with Crippen LogP contribution in [0.1, 0.15) is 48.1 Å². The molecule has 2 unspecified atom stereocenters. The number of nitrogens with zero attached hydrogens (tertiary/aromatic N) is 7. The highest BCUT2D eigenvalue weighted by molar-refractivity contribution is 5.81. The molecule has 38 heavy (non-hydrogen) atoms. The molecule has 4 heterocycles. The van der Waals surface area contributed by atoms with Gasteiger partial charge in [-0.15, -0.1) is 0 Å². The van der Waals surface area contributed by atoms with E-state index in [2.05, 4.69) is 25.6 Å². The Kier molecular flexibility index (Phi) is 7.78. The number of hydrogen-bond donors (Lipinski definition) is 2. The van der Waals surface area contributed by atoms with E-state index in [1.807, 2.05) is 0 Å². The largest absolute Gasteiger partial charge is 0.435 e. The van der Waals surface area contributed by atoms with Crippen molar-refractivity contribution in [2.45, 2.75) is 38.0 Å². The number of piperazine rings is 1. The second-order valence-electron chi connectivity index (χ2n) is 8.71. The summed E-state index contributed by atoms with van der Waals surface area (Å²) in [5.74, 6) is -0.166. The van der Waals surface area contributed by atoms with Crippen LogP contribution in [0.15, 0.2) is 17.5 Å². The lowest BCUT2D eigenvalue weighted by molar-refractivity contribution is -0.143. The number of fused-ring (bicyclic) bond motifs is 1. The highest BCUT2D eigenvalue weighted by Crippen LogP contribution is 2.37. The zero-order valence-corrected chi connectivity index (χ0v) is 20.0. The molecule has 2 N–H and O–H groups in total. The van der Waals surface area contributed by atoms with Crippen molar-refractivity contribution in [3.63, 3.8) is 0 Å². The number of ether oxygens (including phenoxy) is 1. The number of hydrogen-bond acceptors (Lipinski definition) is 9. The van der Waals surface area contributed by atoms with Crippen LogP contribution < -0.4 is 10.3 Å². The third-order valence-electron chi connectivity index (χ3n) is 6.11. The molecule has 1 saturated heterocycles. The molecule has 2 aliphatic heterocycles. The number of rotatable bonds is 7. The average molecular weight is 550 g/mol. The van der Waals surface area contributed by atoms with Gasteiger partial charge in [-0.3, -0.25) is 14.9 Å². The number of anilines is 1. The molecule has 11 nitrogen and oxygen atoms in total. The SMILES string of the molecule is CC(CCOCC(=O)N1CCN(c2ncc(C(F)(F)F)cn2)CC1)n1nc(C(F)(F)F)c2c1C=NNC2O. The number of alkyl halides is 6. The van der Waals surface area contributed by atoms with Crippen molar-refractivity contribution in [2.75, 3.05) is 44.3 Å². The van der Waals surface area contributed by atoms with Gasteiger partial charge in [0.25, 0.3) is 0 Å². The van der Waals surface area contributed by atoms with Crippen molar-refractivity contribution in [2.24, 2.45) is 5.10 Å². The van der Waals surface area contributed by atoms with E-state index >= 15 is 0 Å². The molecule has 0 aliphatic carbocycles. The maximum Gasteiger partial charge on any atom is 0.435 e. The number of carbonyl (C=O) groups excluding carboxylic acids is 1. The van der Waals surface area contributed by atoms with Crippen LogP contribution in [-0.2, 0) is 21.9 Å². The first-order chi connectivity index (χ1) is 17.9. The van der Waals surface area contributed by atoms with Crippen molar-refractivity contribution in [1.29, 1.82) is 0 Å². The fourth-order valence-electron chi connectivity index (χ4n) is 4.05. The molecule has 1 fully saturated rings. The number of aliphatic hydroxyl groups excluding tert-OH is 1. The summed E-state index contributed by atoms with van der Waals surface area (Å²) in [5.41, 5.74) is -0.357. The minimum absolute atomic E-state index is 0.0297. The molecule has 2 aromatic heterocycles. The summed E-state index contributed by atoms with van der Waals surface area (Å²) < 4.78 is 84.8. The molecule has 1 amide bonds. The van der Waals surface area contributed by atoms with Crippen LogP contribution >= 0.6 is 0 Å². The monoisotopic (exact) mass is 550 g/mol. The maximum atomic E-state index is 13.4. The topological polar surface area (TPSA) is 121 Å². The predicted molar refractivity (Wildman–Crippen MR) is 119 cm³/mol. The van der Waals surface area contributed by atoms with Crippen molar-refractivity contribution in [1.82, 2.24) is 30.1 Å². The molecule has 0 bridgehead atoms. The van der Waals surface area contributed by atoms with Crippen LogP contribution in [0.25, 0.3) is 0 Å². The van der Waals surface area contributed by atoms with E-state index in [0.29, 0.717) is 25.5 Å². The van der Waals surface area contributed by atoms with E-state index in [9.17, 15) is 36.2 Å². The number of aliphatic hydroxyl groups is 1. The van der Waals surface area contributed by atoms with Gasteiger partial charge in [0.1, 0.15) is 6.61 Å². The number of hydrazone groups is 1. The lowest BCUT2D eigenvalue weighted by Crippen LogP contribution is -2.50. The Labute approximate surface area is 212 Å². The Morgan fingerprint density at radius 3 is 2.39 bits per heavy atom. The number of halogens is 6. The molecule has 0 spiro atoms. The number of carbonyl (C=O) groups is 1. The summed E-state index contributed by atoms with van der Waals surface area (Å²) >= 11 is 0. The zero-order valence-electron chi connectivity index (χ0n) is 20.0. The molecule has 0 aromatic carbocycles. The third kappa shape index (κ3) is 5.98. The van der Waals surface area contributed by atoms with Crippen molar-refractivity contribution >= 4 is 18.1 Å². The Hall–Kier alpha value is -3.47. The fraction of sp³-hybridized carbons (Fsp3) is 0.571. The summed E-state index contributed by atoms with van der Waals surface area (Å²) in [4.78, 5) is 23.2. The molecule has 208 valence electrons.